The quantitative estimate of drug-likeness (QED) is 0.871. The SMILES string of the molecule is C[C@H](O)[C@H]1C(=S)N(c2ccccc2)[C@@H]1c1ccccc1. The number of benzene rings is 2. The van der Waals surface area contributed by atoms with Crippen molar-refractivity contribution in [2.45, 2.75) is 19.1 Å². The average molecular weight is 283 g/mol. The van der Waals surface area contributed by atoms with Crippen molar-refractivity contribution >= 4 is 22.9 Å². The molecule has 0 aromatic heterocycles. The standard InChI is InChI=1S/C17H17NOS/c1-12(19)15-16(13-8-4-2-5-9-13)18(17(15)20)14-10-6-3-7-11-14/h2-12,15-16,19H,1H3/t12-,15+,16+/m0/s1. The van der Waals surface area contributed by atoms with Crippen LogP contribution in [0.1, 0.15) is 18.5 Å². The summed E-state index contributed by atoms with van der Waals surface area (Å²) in [5.41, 5.74) is 2.28. The molecule has 0 aliphatic carbocycles. The predicted molar refractivity (Wildman–Crippen MR) is 85.9 cm³/mol. The normalized spacial score (nSPS) is 23.3. The number of thiocarbonyl (C=S) groups is 1. The summed E-state index contributed by atoms with van der Waals surface area (Å²) in [6, 6.07) is 20.5. The third-order valence-corrected chi connectivity index (χ3v) is 4.30. The van der Waals surface area contributed by atoms with E-state index in [1.165, 1.54) is 5.56 Å². The maximum atomic E-state index is 10.0. The van der Waals surface area contributed by atoms with Crippen molar-refractivity contribution in [3.63, 3.8) is 0 Å². The molecule has 1 heterocycles. The number of anilines is 1. The first kappa shape index (κ1) is 13.3. The van der Waals surface area contributed by atoms with Crippen molar-refractivity contribution in [3.05, 3.63) is 66.2 Å². The minimum Gasteiger partial charge on any atom is -0.393 e. The molecular weight excluding hydrogens is 266 g/mol. The van der Waals surface area contributed by atoms with E-state index >= 15 is 0 Å². The van der Waals surface area contributed by atoms with Crippen molar-refractivity contribution in [3.8, 4) is 0 Å². The van der Waals surface area contributed by atoms with Crippen LogP contribution in [0.15, 0.2) is 60.7 Å². The summed E-state index contributed by atoms with van der Waals surface area (Å²) in [7, 11) is 0. The van der Waals surface area contributed by atoms with Crippen LogP contribution in [-0.2, 0) is 0 Å². The van der Waals surface area contributed by atoms with Crippen LogP contribution in [0.4, 0.5) is 5.69 Å². The second-order valence-corrected chi connectivity index (χ2v) is 5.58. The molecule has 0 saturated carbocycles. The van der Waals surface area contributed by atoms with E-state index < -0.39 is 6.10 Å². The fourth-order valence-electron chi connectivity index (χ4n) is 2.86. The molecule has 3 rings (SSSR count). The Hall–Kier alpha value is -1.71. The summed E-state index contributed by atoms with van der Waals surface area (Å²) in [5.74, 6) is 0.00704. The van der Waals surface area contributed by atoms with Crippen molar-refractivity contribution in [2.75, 3.05) is 4.90 Å². The number of hydrogen-bond acceptors (Lipinski definition) is 2. The molecule has 2 nitrogen and oxygen atoms in total. The number of aliphatic hydroxyl groups is 1. The fraction of sp³-hybridized carbons (Fsp3) is 0.235. The summed E-state index contributed by atoms with van der Waals surface area (Å²) in [5, 5.41) is 10.0. The van der Waals surface area contributed by atoms with Gasteiger partial charge in [0.25, 0.3) is 0 Å². The smallest absolute Gasteiger partial charge is 0.0911 e. The van der Waals surface area contributed by atoms with Crippen molar-refractivity contribution < 1.29 is 5.11 Å². The van der Waals surface area contributed by atoms with E-state index in [2.05, 4.69) is 29.2 Å². The number of para-hydroxylation sites is 1. The van der Waals surface area contributed by atoms with Gasteiger partial charge in [0.15, 0.2) is 0 Å². The Morgan fingerprint density at radius 2 is 1.55 bits per heavy atom. The van der Waals surface area contributed by atoms with Gasteiger partial charge < -0.3 is 10.0 Å². The van der Waals surface area contributed by atoms with Crippen LogP contribution >= 0.6 is 12.2 Å². The molecule has 20 heavy (non-hydrogen) atoms. The first-order valence-corrected chi connectivity index (χ1v) is 7.22. The Balaban J connectivity index is 2.00. The zero-order valence-corrected chi connectivity index (χ0v) is 12.1. The molecule has 0 amide bonds. The molecule has 102 valence electrons. The molecule has 0 bridgehead atoms. The van der Waals surface area contributed by atoms with Gasteiger partial charge in [-0.1, -0.05) is 60.7 Å². The Labute approximate surface area is 124 Å². The number of aliphatic hydroxyl groups excluding tert-OH is 1. The molecular formula is C17H17NOS. The molecule has 0 radical (unpaired) electrons. The van der Waals surface area contributed by atoms with Crippen LogP contribution in [0.5, 0.6) is 0 Å². The molecule has 1 fully saturated rings. The van der Waals surface area contributed by atoms with Gasteiger partial charge in [-0.3, -0.25) is 0 Å². The maximum absolute atomic E-state index is 10.0. The van der Waals surface area contributed by atoms with E-state index in [4.69, 9.17) is 12.2 Å². The second-order valence-electron chi connectivity index (χ2n) is 5.17. The summed E-state index contributed by atoms with van der Waals surface area (Å²) in [4.78, 5) is 2.96. The average Bonchev–Trinajstić information content (AvgIpc) is 2.46. The summed E-state index contributed by atoms with van der Waals surface area (Å²) in [6.07, 6.45) is -0.437. The van der Waals surface area contributed by atoms with E-state index in [0.717, 1.165) is 10.7 Å². The van der Waals surface area contributed by atoms with Crippen LogP contribution in [-0.4, -0.2) is 16.2 Å². The highest BCUT2D eigenvalue weighted by atomic mass is 32.1. The zero-order valence-electron chi connectivity index (χ0n) is 11.3. The summed E-state index contributed by atoms with van der Waals surface area (Å²) >= 11 is 5.53. The van der Waals surface area contributed by atoms with Crippen molar-refractivity contribution in [1.82, 2.24) is 0 Å². The lowest BCUT2D eigenvalue weighted by molar-refractivity contribution is 0.131. The molecule has 3 atom stereocenters. The highest BCUT2D eigenvalue weighted by Gasteiger charge is 2.47. The van der Waals surface area contributed by atoms with Gasteiger partial charge in [-0.05, 0) is 24.6 Å². The molecule has 2 aromatic carbocycles. The monoisotopic (exact) mass is 283 g/mol. The van der Waals surface area contributed by atoms with Crippen LogP contribution < -0.4 is 4.90 Å². The third kappa shape index (κ3) is 2.13. The molecule has 3 heteroatoms. The summed E-state index contributed by atoms with van der Waals surface area (Å²) < 4.78 is 0. The van der Waals surface area contributed by atoms with Gasteiger partial charge in [-0.15, -0.1) is 0 Å². The van der Waals surface area contributed by atoms with Gasteiger partial charge in [0.05, 0.1) is 23.1 Å². The predicted octanol–water partition coefficient (Wildman–Crippen LogP) is 3.57. The second kappa shape index (κ2) is 5.35. The highest BCUT2D eigenvalue weighted by molar-refractivity contribution is 7.80. The number of hydrogen-bond donors (Lipinski definition) is 1. The first-order chi connectivity index (χ1) is 9.70. The summed E-state index contributed by atoms with van der Waals surface area (Å²) in [6.45, 7) is 1.81. The van der Waals surface area contributed by atoms with Crippen LogP contribution in [0.3, 0.4) is 0 Å². The Bertz CT molecular complexity index is 597. The molecule has 0 unspecified atom stereocenters. The van der Waals surface area contributed by atoms with Gasteiger partial charge in [-0.2, -0.15) is 0 Å². The van der Waals surface area contributed by atoms with Gasteiger partial charge >= 0.3 is 0 Å². The Morgan fingerprint density at radius 1 is 1.00 bits per heavy atom. The van der Waals surface area contributed by atoms with Gasteiger partial charge in [0.1, 0.15) is 0 Å². The molecule has 1 N–H and O–H groups in total. The van der Waals surface area contributed by atoms with Crippen molar-refractivity contribution in [1.29, 1.82) is 0 Å². The lowest BCUT2D eigenvalue weighted by Crippen LogP contribution is -2.58. The van der Waals surface area contributed by atoms with E-state index in [9.17, 15) is 5.11 Å². The molecule has 1 aliphatic heterocycles. The van der Waals surface area contributed by atoms with Gasteiger partial charge in [0, 0.05) is 5.69 Å². The van der Waals surface area contributed by atoms with E-state index in [0.29, 0.717) is 0 Å². The highest BCUT2D eigenvalue weighted by Crippen LogP contribution is 2.45. The van der Waals surface area contributed by atoms with Crippen molar-refractivity contribution in [2.24, 2.45) is 5.92 Å². The minimum absolute atomic E-state index is 0.00704. The van der Waals surface area contributed by atoms with Gasteiger partial charge in [-0.25, -0.2) is 0 Å². The molecule has 0 spiro atoms. The van der Waals surface area contributed by atoms with E-state index in [1.54, 1.807) is 0 Å². The maximum Gasteiger partial charge on any atom is 0.0911 e. The topological polar surface area (TPSA) is 23.5 Å². The van der Waals surface area contributed by atoms with E-state index in [1.807, 2.05) is 43.3 Å². The largest absolute Gasteiger partial charge is 0.393 e. The lowest BCUT2D eigenvalue weighted by Gasteiger charge is -2.51. The number of rotatable bonds is 3. The van der Waals surface area contributed by atoms with Crippen LogP contribution in [0.25, 0.3) is 0 Å². The van der Waals surface area contributed by atoms with E-state index in [-0.39, 0.29) is 12.0 Å². The zero-order chi connectivity index (χ0) is 14.1. The first-order valence-electron chi connectivity index (χ1n) is 6.81. The molecule has 2 aromatic rings. The Morgan fingerprint density at radius 3 is 2.10 bits per heavy atom. The van der Waals surface area contributed by atoms with Crippen LogP contribution in [0, 0.1) is 5.92 Å². The third-order valence-electron chi connectivity index (χ3n) is 3.84. The van der Waals surface area contributed by atoms with Crippen LogP contribution in [0.2, 0.25) is 0 Å². The number of nitrogens with zero attached hydrogens (tertiary/aromatic N) is 1. The van der Waals surface area contributed by atoms with Gasteiger partial charge in [0.2, 0.25) is 0 Å². The molecule has 1 saturated heterocycles. The minimum atomic E-state index is -0.437. The Kier molecular flexibility index (Phi) is 3.55. The fourth-order valence-corrected chi connectivity index (χ4v) is 3.41. The molecule has 1 aliphatic rings. The lowest BCUT2D eigenvalue weighted by atomic mass is 9.79.